The Morgan fingerprint density at radius 2 is 2.08 bits per heavy atom. The van der Waals surface area contributed by atoms with E-state index in [2.05, 4.69) is 10.6 Å². The fraction of sp³-hybridized carbons (Fsp3) is 0.889. The molecule has 1 aliphatic heterocycles. The molecule has 0 radical (unpaired) electrons. The van der Waals surface area contributed by atoms with E-state index in [1.807, 2.05) is 20.8 Å². The molecule has 1 aliphatic rings. The van der Waals surface area contributed by atoms with E-state index in [9.17, 15) is 4.79 Å². The second-order valence-corrected chi connectivity index (χ2v) is 4.43. The van der Waals surface area contributed by atoms with Crippen LogP contribution in [0.25, 0.3) is 0 Å². The summed E-state index contributed by atoms with van der Waals surface area (Å²) in [5.41, 5.74) is -0.0975. The number of rotatable bonds is 1. The van der Waals surface area contributed by atoms with Gasteiger partial charge >= 0.3 is 0 Å². The minimum absolute atomic E-state index is 0. The molecule has 0 saturated carbocycles. The molecule has 1 amide bonds. The van der Waals surface area contributed by atoms with Gasteiger partial charge in [-0.15, -0.1) is 12.4 Å². The van der Waals surface area contributed by atoms with Crippen molar-refractivity contribution in [3.05, 3.63) is 0 Å². The molecular formula is C9H19ClN2O. The first-order valence-corrected chi connectivity index (χ1v) is 4.52. The Kier molecular flexibility index (Phi) is 4.71. The number of hydrogen-bond acceptors (Lipinski definition) is 2. The summed E-state index contributed by atoms with van der Waals surface area (Å²) in [7, 11) is 0. The average Bonchev–Trinajstić information content (AvgIpc) is 2.32. The van der Waals surface area contributed by atoms with Crippen molar-refractivity contribution in [2.24, 2.45) is 5.92 Å². The minimum atomic E-state index is -0.0975. The largest absolute Gasteiger partial charge is 0.351 e. The molecule has 0 bridgehead atoms. The molecule has 0 aromatic heterocycles. The summed E-state index contributed by atoms with van der Waals surface area (Å²) in [5.74, 6) is 0.372. The summed E-state index contributed by atoms with van der Waals surface area (Å²) in [4.78, 5) is 11.5. The van der Waals surface area contributed by atoms with Crippen LogP contribution in [0.5, 0.6) is 0 Å². The monoisotopic (exact) mass is 206 g/mol. The van der Waals surface area contributed by atoms with Gasteiger partial charge in [0.05, 0.1) is 5.92 Å². The molecule has 0 aromatic carbocycles. The topological polar surface area (TPSA) is 41.1 Å². The SMILES string of the molecule is CC(C)(C)NC(=O)[C@@H]1CCNC1.Cl. The van der Waals surface area contributed by atoms with Crippen LogP contribution in [0.3, 0.4) is 0 Å². The fourth-order valence-corrected chi connectivity index (χ4v) is 1.35. The first-order chi connectivity index (χ1) is 5.49. The van der Waals surface area contributed by atoms with Crippen LogP contribution >= 0.6 is 12.4 Å². The van der Waals surface area contributed by atoms with Gasteiger partial charge in [-0.3, -0.25) is 4.79 Å². The number of hydrogen-bond donors (Lipinski definition) is 2. The number of amides is 1. The van der Waals surface area contributed by atoms with Gasteiger partial charge in [0.15, 0.2) is 0 Å². The van der Waals surface area contributed by atoms with E-state index in [1.54, 1.807) is 0 Å². The molecule has 0 spiro atoms. The lowest BCUT2D eigenvalue weighted by atomic mass is 10.0. The Balaban J connectivity index is 0.00000144. The van der Waals surface area contributed by atoms with E-state index >= 15 is 0 Å². The van der Waals surface area contributed by atoms with Gasteiger partial charge in [-0.05, 0) is 33.7 Å². The molecule has 1 saturated heterocycles. The third-order valence-corrected chi connectivity index (χ3v) is 1.93. The first-order valence-electron chi connectivity index (χ1n) is 4.52. The summed E-state index contributed by atoms with van der Waals surface area (Å²) >= 11 is 0. The fourth-order valence-electron chi connectivity index (χ4n) is 1.35. The van der Waals surface area contributed by atoms with Crippen molar-refractivity contribution < 1.29 is 4.79 Å². The molecule has 1 fully saturated rings. The Bertz CT molecular complexity index is 171. The van der Waals surface area contributed by atoms with Crippen molar-refractivity contribution in [2.75, 3.05) is 13.1 Å². The summed E-state index contributed by atoms with van der Waals surface area (Å²) in [6.45, 7) is 7.83. The van der Waals surface area contributed by atoms with Crippen molar-refractivity contribution in [3.63, 3.8) is 0 Å². The van der Waals surface area contributed by atoms with Crippen LogP contribution in [0.1, 0.15) is 27.2 Å². The second kappa shape index (κ2) is 4.82. The van der Waals surface area contributed by atoms with Gasteiger partial charge in [0.25, 0.3) is 0 Å². The van der Waals surface area contributed by atoms with Crippen LogP contribution in [0, 0.1) is 5.92 Å². The van der Waals surface area contributed by atoms with Gasteiger partial charge < -0.3 is 10.6 Å². The van der Waals surface area contributed by atoms with Crippen LogP contribution in [-0.4, -0.2) is 24.5 Å². The molecule has 1 atom stereocenters. The molecule has 0 aliphatic carbocycles. The van der Waals surface area contributed by atoms with Gasteiger partial charge in [-0.2, -0.15) is 0 Å². The zero-order valence-electron chi connectivity index (χ0n) is 8.52. The predicted molar refractivity (Wildman–Crippen MR) is 56.1 cm³/mol. The molecule has 4 heteroatoms. The van der Waals surface area contributed by atoms with E-state index in [-0.39, 0.29) is 29.8 Å². The molecule has 0 aromatic rings. The molecule has 0 unspecified atom stereocenters. The van der Waals surface area contributed by atoms with Crippen LogP contribution in [0.2, 0.25) is 0 Å². The van der Waals surface area contributed by atoms with Crippen molar-refractivity contribution in [3.8, 4) is 0 Å². The third kappa shape index (κ3) is 4.48. The summed E-state index contributed by atoms with van der Waals surface area (Å²) < 4.78 is 0. The normalized spacial score (nSPS) is 22.2. The second-order valence-electron chi connectivity index (χ2n) is 4.43. The molecule has 78 valence electrons. The maximum Gasteiger partial charge on any atom is 0.224 e. The molecule has 1 heterocycles. The quantitative estimate of drug-likeness (QED) is 0.671. The van der Waals surface area contributed by atoms with Crippen molar-refractivity contribution in [2.45, 2.75) is 32.7 Å². The van der Waals surface area contributed by atoms with Gasteiger partial charge in [0.2, 0.25) is 5.91 Å². The first kappa shape index (κ1) is 12.7. The molecule has 1 rings (SSSR count). The van der Waals surface area contributed by atoms with Crippen molar-refractivity contribution in [1.29, 1.82) is 0 Å². The van der Waals surface area contributed by atoms with Crippen LogP contribution < -0.4 is 10.6 Å². The highest BCUT2D eigenvalue weighted by Crippen LogP contribution is 2.09. The summed E-state index contributed by atoms with van der Waals surface area (Å²) in [5, 5.41) is 6.16. The lowest BCUT2D eigenvalue weighted by Gasteiger charge is -2.22. The number of halogens is 1. The van der Waals surface area contributed by atoms with E-state index in [0.717, 1.165) is 19.5 Å². The van der Waals surface area contributed by atoms with Gasteiger partial charge in [0.1, 0.15) is 0 Å². The molecule has 2 N–H and O–H groups in total. The zero-order valence-corrected chi connectivity index (χ0v) is 9.33. The van der Waals surface area contributed by atoms with E-state index < -0.39 is 0 Å². The number of carbonyl (C=O) groups excluding carboxylic acids is 1. The Labute approximate surface area is 86.1 Å². The van der Waals surface area contributed by atoms with Gasteiger partial charge in [0, 0.05) is 12.1 Å². The van der Waals surface area contributed by atoms with Crippen LogP contribution in [0.15, 0.2) is 0 Å². The highest BCUT2D eigenvalue weighted by molar-refractivity contribution is 5.85. The van der Waals surface area contributed by atoms with Crippen LogP contribution in [-0.2, 0) is 4.79 Å². The maximum absolute atomic E-state index is 11.5. The lowest BCUT2D eigenvalue weighted by Crippen LogP contribution is -2.44. The van der Waals surface area contributed by atoms with E-state index in [1.165, 1.54) is 0 Å². The van der Waals surface area contributed by atoms with E-state index in [4.69, 9.17) is 0 Å². The highest BCUT2D eigenvalue weighted by Gasteiger charge is 2.25. The maximum atomic E-state index is 11.5. The summed E-state index contributed by atoms with van der Waals surface area (Å²) in [6, 6.07) is 0. The molecule has 3 nitrogen and oxygen atoms in total. The predicted octanol–water partition coefficient (Wildman–Crippen LogP) is 0.932. The third-order valence-electron chi connectivity index (χ3n) is 1.93. The standard InChI is InChI=1S/C9H18N2O.ClH/c1-9(2,3)11-8(12)7-4-5-10-6-7;/h7,10H,4-6H2,1-3H3,(H,11,12);1H/t7-;/m1./s1. The van der Waals surface area contributed by atoms with E-state index in [0.29, 0.717) is 0 Å². The number of carbonyl (C=O) groups is 1. The van der Waals surface area contributed by atoms with Crippen molar-refractivity contribution >= 4 is 18.3 Å². The van der Waals surface area contributed by atoms with Crippen LogP contribution in [0.4, 0.5) is 0 Å². The lowest BCUT2D eigenvalue weighted by molar-refractivity contribution is -0.125. The molecular weight excluding hydrogens is 188 g/mol. The average molecular weight is 207 g/mol. The zero-order chi connectivity index (χ0) is 9.19. The smallest absolute Gasteiger partial charge is 0.224 e. The molecule has 13 heavy (non-hydrogen) atoms. The number of nitrogens with one attached hydrogen (secondary N) is 2. The highest BCUT2D eigenvalue weighted by atomic mass is 35.5. The van der Waals surface area contributed by atoms with Gasteiger partial charge in [-0.25, -0.2) is 0 Å². The Morgan fingerprint density at radius 1 is 1.46 bits per heavy atom. The van der Waals surface area contributed by atoms with Gasteiger partial charge in [-0.1, -0.05) is 0 Å². The minimum Gasteiger partial charge on any atom is -0.351 e. The Hall–Kier alpha value is -0.280. The van der Waals surface area contributed by atoms with Crippen molar-refractivity contribution in [1.82, 2.24) is 10.6 Å². The summed E-state index contributed by atoms with van der Waals surface area (Å²) in [6.07, 6.45) is 0.974. The Morgan fingerprint density at radius 3 is 2.46 bits per heavy atom.